The van der Waals surface area contributed by atoms with Gasteiger partial charge in [-0.3, -0.25) is 0 Å². The van der Waals surface area contributed by atoms with Crippen LogP contribution in [0.3, 0.4) is 0 Å². The van der Waals surface area contributed by atoms with Crippen LogP contribution in [0, 0.1) is 11.3 Å². The smallest absolute Gasteiger partial charge is 0.0992 e. The van der Waals surface area contributed by atoms with E-state index < -0.39 is 0 Å². The summed E-state index contributed by atoms with van der Waals surface area (Å²) in [4.78, 5) is 0. The minimum atomic E-state index is 0.0969. The van der Waals surface area contributed by atoms with Gasteiger partial charge in [-0.2, -0.15) is 17.0 Å². The van der Waals surface area contributed by atoms with Crippen LogP contribution in [0.4, 0.5) is 5.69 Å². The maximum atomic E-state index is 8.90. The van der Waals surface area contributed by atoms with E-state index in [0.29, 0.717) is 11.6 Å². The van der Waals surface area contributed by atoms with E-state index in [1.54, 1.807) is 0 Å². The summed E-state index contributed by atoms with van der Waals surface area (Å²) < 4.78 is 7.00. The second-order valence-electron chi connectivity index (χ2n) is 5.47. The van der Waals surface area contributed by atoms with Crippen LogP contribution in [0.1, 0.15) is 24.8 Å². The molecule has 2 fully saturated rings. The van der Waals surface area contributed by atoms with Gasteiger partial charge in [0.15, 0.2) is 0 Å². The maximum absolute atomic E-state index is 8.90. The molecular formula is C15H17BrN2OS. The highest BCUT2D eigenvalue weighted by Crippen LogP contribution is 2.39. The van der Waals surface area contributed by atoms with E-state index in [9.17, 15) is 0 Å². The summed E-state index contributed by atoms with van der Waals surface area (Å²) >= 11 is 5.54. The van der Waals surface area contributed by atoms with Crippen LogP contribution in [0.2, 0.25) is 0 Å². The fourth-order valence-corrected chi connectivity index (χ4v) is 4.81. The van der Waals surface area contributed by atoms with Gasteiger partial charge in [0.1, 0.15) is 0 Å². The Bertz CT molecular complexity index is 537. The van der Waals surface area contributed by atoms with Crippen LogP contribution >= 0.6 is 27.7 Å². The summed E-state index contributed by atoms with van der Waals surface area (Å²) in [5.41, 5.74) is 1.84. The number of benzene rings is 1. The van der Waals surface area contributed by atoms with Crippen molar-refractivity contribution in [1.82, 2.24) is 0 Å². The SMILES string of the molecule is N#Cc1ccc(NC2CCOC3(CCSC3)C2)c(Br)c1. The Labute approximate surface area is 132 Å². The van der Waals surface area contributed by atoms with Gasteiger partial charge in [0.2, 0.25) is 0 Å². The quantitative estimate of drug-likeness (QED) is 0.879. The minimum absolute atomic E-state index is 0.0969. The van der Waals surface area contributed by atoms with Gasteiger partial charge >= 0.3 is 0 Å². The highest BCUT2D eigenvalue weighted by molar-refractivity contribution is 9.10. The Kier molecular flexibility index (Phi) is 4.25. The molecule has 2 aliphatic rings. The van der Waals surface area contributed by atoms with E-state index >= 15 is 0 Å². The van der Waals surface area contributed by atoms with Crippen LogP contribution in [0.25, 0.3) is 0 Å². The third-order valence-corrected chi connectivity index (χ3v) is 5.90. The summed E-state index contributed by atoms with van der Waals surface area (Å²) in [5.74, 6) is 2.34. The molecule has 0 bridgehead atoms. The summed E-state index contributed by atoms with van der Waals surface area (Å²) in [6.07, 6.45) is 3.29. The first-order valence-electron chi connectivity index (χ1n) is 6.89. The molecule has 1 aromatic carbocycles. The van der Waals surface area contributed by atoms with Crippen molar-refractivity contribution >= 4 is 33.4 Å². The monoisotopic (exact) mass is 352 g/mol. The molecule has 20 heavy (non-hydrogen) atoms. The zero-order valence-electron chi connectivity index (χ0n) is 11.2. The van der Waals surface area contributed by atoms with E-state index in [4.69, 9.17) is 10.00 Å². The Balaban J connectivity index is 1.70. The lowest BCUT2D eigenvalue weighted by Gasteiger charge is -2.38. The van der Waals surface area contributed by atoms with Gasteiger partial charge in [0.05, 0.1) is 17.2 Å². The molecule has 2 unspecified atom stereocenters. The average molecular weight is 353 g/mol. The minimum Gasteiger partial charge on any atom is -0.381 e. The molecule has 0 aromatic heterocycles. The molecule has 2 aliphatic heterocycles. The lowest BCUT2D eigenvalue weighted by Crippen LogP contribution is -2.44. The molecule has 5 heteroatoms. The number of anilines is 1. The summed E-state index contributed by atoms with van der Waals surface area (Å²) in [6, 6.07) is 8.31. The molecule has 2 saturated heterocycles. The van der Waals surface area contributed by atoms with Gasteiger partial charge in [0, 0.05) is 28.6 Å². The van der Waals surface area contributed by atoms with Gasteiger partial charge in [-0.05, 0) is 59.1 Å². The second-order valence-corrected chi connectivity index (χ2v) is 7.43. The number of nitriles is 1. The molecule has 1 N–H and O–H groups in total. The van der Waals surface area contributed by atoms with Crippen LogP contribution in [-0.4, -0.2) is 29.8 Å². The maximum Gasteiger partial charge on any atom is 0.0992 e. The molecule has 0 amide bonds. The molecule has 0 radical (unpaired) electrons. The van der Waals surface area contributed by atoms with Gasteiger partial charge < -0.3 is 10.1 Å². The third-order valence-electron chi connectivity index (χ3n) is 4.02. The van der Waals surface area contributed by atoms with Gasteiger partial charge in [0.25, 0.3) is 0 Å². The fraction of sp³-hybridized carbons (Fsp3) is 0.533. The topological polar surface area (TPSA) is 45.0 Å². The molecular weight excluding hydrogens is 336 g/mol. The first-order chi connectivity index (χ1) is 9.71. The first kappa shape index (κ1) is 14.2. The van der Waals surface area contributed by atoms with Crippen molar-refractivity contribution in [2.75, 3.05) is 23.4 Å². The molecule has 106 valence electrons. The van der Waals surface area contributed by atoms with E-state index in [1.165, 1.54) is 12.2 Å². The highest BCUT2D eigenvalue weighted by Gasteiger charge is 2.40. The number of ether oxygens (including phenoxy) is 1. The van der Waals surface area contributed by atoms with Crippen molar-refractivity contribution in [2.24, 2.45) is 0 Å². The Morgan fingerprint density at radius 1 is 1.50 bits per heavy atom. The second kappa shape index (κ2) is 5.97. The number of thioether (sulfide) groups is 1. The van der Waals surface area contributed by atoms with Crippen LogP contribution in [0.15, 0.2) is 22.7 Å². The van der Waals surface area contributed by atoms with Crippen LogP contribution in [-0.2, 0) is 4.74 Å². The Morgan fingerprint density at radius 2 is 2.40 bits per heavy atom. The lowest BCUT2D eigenvalue weighted by atomic mass is 9.90. The largest absolute Gasteiger partial charge is 0.381 e. The highest BCUT2D eigenvalue weighted by atomic mass is 79.9. The van der Waals surface area contributed by atoms with Gasteiger partial charge in [-0.1, -0.05) is 0 Å². The van der Waals surface area contributed by atoms with E-state index in [1.807, 2.05) is 30.0 Å². The number of hydrogen-bond acceptors (Lipinski definition) is 4. The molecule has 2 atom stereocenters. The number of halogens is 1. The molecule has 2 heterocycles. The fourth-order valence-electron chi connectivity index (χ4n) is 2.94. The number of nitrogens with zero attached hydrogens (tertiary/aromatic N) is 1. The standard InChI is InChI=1S/C15H17BrN2OS/c16-13-7-11(9-17)1-2-14(13)18-12-3-5-19-15(8-12)4-6-20-10-15/h1-2,7,12,18H,3-6,8,10H2. The normalized spacial score (nSPS) is 29.3. The van der Waals surface area contributed by atoms with E-state index in [0.717, 1.165) is 35.4 Å². The summed E-state index contributed by atoms with van der Waals surface area (Å²) in [6.45, 7) is 0.839. The van der Waals surface area contributed by atoms with Crippen molar-refractivity contribution in [2.45, 2.75) is 30.9 Å². The Morgan fingerprint density at radius 3 is 3.10 bits per heavy atom. The Hall–Kier alpha value is -0.700. The van der Waals surface area contributed by atoms with E-state index in [-0.39, 0.29) is 5.60 Å². The van der Waals surface area contributed by atoms with Crippen molar-refractivity contribution in [3.8, 4) is 6.07 Å². The number of nitrogens with one attached hydrogen (secondary N) is 1. The predicted octanol–water partition coefficient (Wildman–Crippen LogP) is 3.79. The zero-order chi connectivity index (χ0) is 14.0. The predicted molar refractivity (Wildman–Crippen MR) is 86.1 cm³/mol. The van der Waals surface area contributed by atoms with Gasteiger partial charge in [-0.15, -0.1) is 0 Å². The summed E-state index contributed by atoms with van der Waals surface area (Å²) in [7, 11) is 0. The van der Waals surface area contributed by atoms with Crippen molar-refractivity contribution in [3.63, 3.8) is 0 Å². The average Bonchev–Trinajstić information content (AvgIpc) is 2.89. The van der Waals surface area contributed by atoms with Crippen molar-refractivity contribution in [3.05, 3.63) is 28.2 Å². The molecule has 3 rings (SSSR count). The zero-order valence-corrected chi connectivity index (χ0v) is 13.6. The third kappa shape index (κ3) is 2.98. The lowest BCUT2D eigenvalue weighted by molar-refractivity contribution is -0.0628. The van der Waals surface area contributed by atoms with E-state index in [2.05, 4.69) is 27.3 Å². The molecule has 0 saturated carbocycles. The van der Waals surface area contributed by atoms with Crippen LogP contribution < -0.4 is 5.32 Å². The molecule has 1 aromatic rings. The number of rotatable bonds is 2. The van der Waals surface area contributed by atoms with Crippen LogP contribution in [0.5, 0.6) is 0 Å². The molecule has 0 aliphatic carbocycles. The van der Waals surface area contributed by atoms with Crippen molar-refractivity contribution < 1.29 is 4.74 Å². The summed E-state index contributed by atoms with van der Waals surface area (Å²) in [5, 5.41) is 12.5. The van der Waals surface area contributed by atoms with Crippen molar-refractivity contribution in [1.29, 1.82) is 5.26 Å². The first-order valence-corrected chi connectivity index (χ1v) is 8.83. The van der Waals surface area contributed by atoms with Gasteiger partial charge in [-0.25, -0.2) is 0 Å². The molecule has 1 spiro atoms. The number of hydrogen-bond donors (Lipinski definition) is 1. The molecule has 3 nitrogen and oxygen atoms in total.